The maximum Gasteiger partial charge on any atom is 0.409 e. The molecule has 0 radical (unpaired) electrons. The Balaban J connectivity index is 1.63. The second-order valence-electron chi connectivity index (χ2n) is 5.36. The topological polar surface area (TPSA) is 93.5 Å². The van der Waals surface area contributed by atoms with Crippen molar-refractivity contribution >= 4 is 12.0 Å². The number of amides is 2. The molecule has 132 valence electrons. The summed E-state index contributed by atoms with van der Waals surface area (Å²) in [7, 11) is 0. The van der Waals surface area contributed by atoms with Gasteiger partial charge in [0.1, 0.15) is 5.82 Å². The molecular weight excluding hydrogens is 331 g/mol. The number of nitrogens with zero attached hydrogens (tertiary/aromatic N) is 6. The summed E-state index contributed by atoms with van der Waals surface area (Å²) in [5.41, 5.74) is 0.500. The van der Waals surface area contributed by atoms with Gasteiger partial charge in [0.05, 0.1) is 12.3 Å². The van der Waals surface area contributed by atoms with Gasteiger partial charge in [-0.2, -0.15) is 0 Å². The highest BCUT2D eigenvalue weighted by Gasteiger charge is 2.27. The number of ether oxygens (including phenoxy) is 1. The number of hydrogen-bond acceptors (Lipinski definition) is 6. The first kappa shape index (κ1) is 16.8. The zero-order valence-electron chi connectivity index (χ0n) is 13.6. The standard InChI is InChI=1S/C15H17FN6O3/c1-2-25-15(24)21-9-7-20(8-10-21)14(23)13-17-19-22(18-13)12-5-3-11(16)4-6-12/h3-6H,2,7-10H2,1H3. The first-order chi connectivity index (χ1) is 12.1. The van der Waals surface area contributed by atoms with Crippen LogP contribution in [-0.4, -0.2) is 74.8 Å². The van der Waals surface area contributed by atoms with E-state index < -0.39 is 0 Å². The molecule has 25 heavy (non-hydrogen) atoms. The van der Waals surface area contributed by atoms with Gasteiger partial charge in [0.25, 0.3) is 11.7 Å². The first-order valence-electron chi connectivity index (χ1n) is 7.85. The minimum Gasteiger partial charge on any atom is -0.450 e. The summed E-state index contributed by atoms with van der Waals surface area (Å²) in [6, 6.07) is 5.52. The van der Waals surface area contributed by atoms with Crippen LogP contribution in [0, 0.1) is 5.82 Å². The predicted molar refractivity (Wildman–Crippen MR) is 83.6 cm³/mol. The largest absolute Gasteiger partial charge is 0.450 e. The fourth-order valence-corrected chi connectivity index (χ4v) is 2.43. The van der Waals surface area contributed by atoms with Gasteiger partial charge in [0.2, 0.25) is 0 Å². The average Bonchev–Trinajstić information content (AvgIpc) is 3.12. The van der Waals surface area contributed by atoms with Crippen LogP contribution in [0.2, 0.25) is 0 Å². The second kappa shape index (κ2) is 7.24. The SMILES string of the molecule is CCOC(=O)N1CCN(C(=O)c2nnn(-c3ccc(F)cc3)n2)CC1. The summed E-state index contributed by atoms with van der Waals surface area (Å²) in [5.74, 6) is -0.787. The molecule has 10 heteroatoms. The number of hydrogen-bond donors (Lipinski definition) is 0. The fourth-order valence-electron chi connectivity index (χ4n) is 2.43. The molecule has 0 N–H and O–H groups in total. The number of piperazine rings is 1. The van der Waals surface area contributed by atoms with E-state index in [4.69, 9.17) is 4.74 Å². The summed E-state index contributed by atoms with van der Waals surface area (Å²) >= 11 is 0. The van der Waals surface area contributed by atoms with Gasteiger partial charge in [-0.1, -0.05) is 0 Å². The third-order valence-electron chi connectivity index (χ3n) is 3.76. The third-order valence-corrected chi connectivity index (χ3v) is 3.76. The molecule has 0 saturated carbocycles. The highest BCUT2D eigenvalue weighted by Crippen LogP contribution is 2.09. The van der Waals surface area contributed by atoms with Crippen molar-refractivity contribution in [3.05, 3.63) is 35.9 Å². The number of tetrazole rings is 1. The number of carbonyl (C=O) groups excluding carboxylic acids is 2. The lowest BCUT2D eigenvalue weighted by atomic mass is 10.3. The van der Waals surface area contributed by atoms with Crippen molar-refractivity contribution in [1.82, 2.24) is 30.0 Å². The van der Waals surface area contributed by atoms with E-state index in [0.717, 1.165) is 0 Å². The van der Waals surface area contributed by atoms with E-state index in [1.807, 2.05) is 0 Å². The molecule has 1 aliphatic rings. The minimum absolute atomic E-state index is 0.0473. The Labute approximate surface area is 143 Å². The molecule has 0 aliphatic carbocycles. The molecular formula is C15H17FN6O3. The average molecular weight is 348 g/mol. The quantitative estimate of drug-likeness (QED) is 0.811. The molecule has 1 aromatic heterocycles. The first-order valence-corrected chi connectivity index (χ1v) is 7.85. The molecule has 0 spiro atoms. The van der Waals surface area contributed by atoms with Crippen LogP contribution in [-0.2, 0) is 4.74 Å². The van der Waals surface area contributed by atoms with Gasteiger partial charge < -0.3 is 14.5 Å². The Morgan fingerprint density at radius 2 is 1.76 bits per heavy atom. The third kappa shape index (κ3) is 3.73. The molecule has 1 aliphatic heterocycles. The molecule has 2 amide bonds. The molecule has 2 heterocycles. The Hall–Kier alpha value is -3.04. The van der Waals surface area contributed by atoms with Crippen LogP contribution in [0.3, 0.4) is 0 Å². The Bertz CT molecular complexity index is 755. The number of aromatic nitrogens is 4. The van der Waals surface area contributed by atoms with E-state index in [1.54, 1.807) is 16.7 Å². The molecule has 0 atom stereocenters. The maximum atomic E-state index is 13.0. The molecule has 1 fully saturated rings. The lowest BCUT2D eigenvalue weighted by Gasteiger charge is -2.33. The van der Waals surface area contributed by atoms with Crippen LogP contribution in [0.5, 0.6) is 0 Å². The molecule has 0 unspecified atom stereocenters. The zero-order chi connectivity index (χ0) is 17.8. The van der Waals surface area contributed by atoms with Crippen molar-refractivity contribution < 1.29 is 18.7 Å². The van der Waals surface area contributed by atoms with Gasteiger partial charge in [-0.05, 0) is 36.4 Å². The minimum atomic E-state index is -0.380. The van der Waals surface area contributed by atoms with Crippen molar-refractivity contribution in [3.63, 3.8) is 0 Å². The molecule has 9 nitrogen and oxygen atoms in total. The summed E-state index contributed by atoms with van der Waals surface area (Å²) < 4.78 is 17.9. The van der Waals surface area contributed by atoms with Gasteiger partial charge in [-0.3, -0.25) is 4.79 Å². The van der Waals surface area contributed by atoms with Gasteiger partial charge in [0.15, 0.2) is 0 Å². The molecule has 2 aromatic rings. The highest BCUT2D eigenvalue weighted by molar-refractivity contribution is 5.90. The van der Waals surface area contributed by atoms with Crippen molar-refractivity contribution in [1.29, 1.82) is 0 Å². The lowest BCUT2D eigenvalue weighted by Crippen LogP contribution is -2.51. The van der Waals surface area contributed by atoms with Crippen LogP contribution in [0.25, 0.3) is 5.69 Å². The summed E-state index contributed by atoms with van der Waals surface area (Å²) in [6.45, 7) is 3.56. The number of carbonyl (C=O) groups is 2. The molecule has 0 bridgehead atoms. The van der Waals surface area contributed by atoms with Crippen LogP contribution >= 0.6 is 0 Å². The monoisotopic (exact) mass is 348 g/mol. The lowest BCUT2D eigenvalue weighted by molar-refractivity contribution is 0.0561. The number of rotatable bonds is 3. The van der Waals surface area contributed by atoms with Gasteiger partial charge >= 0.3 is 6.09 Å². The number of benzene rings is 1. The molecule has 1 aromatic carbocycles. The molecule has 1 saturated heterocycles. The van der Waals surface area contributed by atoms with Crippen molar-refractivity contribution in [2.24, 2.45) is 0 Å². The van der Waals surface area contributed by atoms with Gasteiger partial charge in [-0.15, -0.1) is 15.0 Å². The summed E-state index contributed by atoms with van der Waals surface area (Å²) in [4.78, 5) is 28.4. The normalized spacial score (nSPS) is 14.5. The smallest absolute Gasteiger partial charge is 0.409 e. The fraction of sp³-hybridized carbons (Fsp3) is 0.400. The second-order valence-corrected chi connectivity index (χ2v) is 5.36. The Kier molecular flexibility index (Phi) is 4.87. The predicted octanol–water partition coefficient (Wildman–Crippen LogP) is 0.716. The summed E-state index contributed by atoms with van der Waals surface area (Å²) in [6.07, 6.45) is -0.380. The van der Waals surface area contributed by atoms with Gasteiger partial charge in [0, 0.05) is 26.2 Å². The zero-order valence-corrected chi connectivity index (χ0v) is 13.6. The van der Waals surface area contributed by atoms with E-state index >= 15 is 0 Å². The van der Waals surface area contributed by atoms with E-state index in [9.17, 15) is 14.0 Å². The van der Waals surface area contributed by atoms with Crippen LogP contribution in [0.4, 0.5) is 9.18 Å². The van der Waals surface area contributed by atoms with Crippen molar-refractivity contribution in [2.75, 3.05) is 32.8 Å². The van der Waals surface area contributed by atoms with E-state index in [-0.39, 0.29) is 23.6 Å². The van der Waals surface area contributed by atoms with E-state index in [0.29, 0.717) is 38.5 Å². The number of halogens is 1. The van der Waals surface area contributed by atoms with Crippen molar-refractivity contribution in [3.8, 4) is 5.69 Å². The van der Waals surface area contributed by atoms with Gasteiger partial charge in [-0.25, -0.2) is 9.18 Å². The highest BCUT2D eigenvalue weighted by atomic mass is 19.1. The van der Waals surface area contributed by atoms with E-state index in [1.165, 1.54) is 29.1 Å². The Morgan fingerprint density at radius 3 is 2.40 bits per heavy atom. The van der Waals surface area contributed by atoms with Crippen LogP contribution in [0.15, 0.2) is 24.3 Å². The van der Waals surface area contributed by atoms with E-state index in [2.05, 4.69) is 15.4 Å². The maximum absolute atomic E-state index is 13.0. The molecule has 3 rings (SSSR count). The summed E-state index contributed by atoms with van der Waals surface area (Å²) in [5, 5.41) is 11.6. The van der Waals surface area contributed by atoms with Crippen LogP contribution < -0.4 is 0 Å². The van der Waals surface area contributed by atoms with Crippen LogP contribution in [0.1, 0.15) is 17.5 Å². The Morgan fingerprint density at radius 1 is 1.12 bits per heavy atom. The van der Waals surface area contributed by atoms with Crippen molar-refractivity contribution in [2.45, 2.75) is 6.92 Å².